The minimum Gasteiger partial charge on any atom is -0.355 e. The zero-order chi connectivity index (χ0) is 11.5. The van der Waals surface area contributed by atoms with Gasteiger partial charge in [-0.25, -0.2) is 0 Å². The van der Waals surface area contributed by atoms with Crippen LogP contribution in [0.3, 0.4) is 0 Å². The third-order valence-corrected chi connectivity index (χ3v) is 3.65. The fourth-order valence-electron chi connectivity index (χ4n) is 2.19. The van der Waals surface area contributed by atoms with Crippen LogP contribution in [0.5, 0.6) is 0 Å². The monoisotopic (exact) mass is 239 g/mol. The molecular formula is C12H18ClN3. The highest BCUT2D eigenvalue weighted by atomic mass is 35.5. The van der Waals surface area contributed by atoms with E-state index in [0.29, 0.717) is 5.92 Å². The van der Waals surface area contributed by atoms with Crippen LogP contribution in [-0.2, 0) is 0 Å². The van der Waals surface area contributed by atoms with Crippen molar-refractivity contribution < 1.29 is 0 Å². The highest BCUT2D eigenvalue weighted by molar-refractivity contribution is 6.20. The van der Waals surface area contributed by atoms with Crippen LogP contribution in [-0.4, -0.2) is 28.7 Å². The van der Waals surface area contributed by atoms with Gasteiger partial charge in [0.2, 0.25) is 0 Å². The molecule has 0 spiro atoms. The zero-order valence-corrected chi connectivity index (χ0v) is 10.6. The molecule has 2 rings (SSSR count). The molecule has 1 aliphatic heterocycles. The Morgan fingerprint density at radius 2 is 2.12 bits per heavy atom. The molecule has 16 heavy (non-hydrogen) atoms. The van der Waals surface area contributed by atoms with Gasteiger partial charge >= 0.3 is 0 Å². The van der Waals surface area contributed by atoms with Crippen LogP contribution < -0.4 is 4.90 Å². The molecule has 1 aromatic heterocycles. The Morgan fingerprint density at radius 3 is 2.69 bits per heavy atom. The SMILES string of the molecule is Cc1cnnc(N2CCC(C(C)Cl)CC2)c1. The lowest BCUT2D eigenvalue weighted by atomic mass is 9.94. The van der Waals surface area contributed by atoms with E-state index in [4.69, 9.17) is 11.6 Å². The number of halogens is 1. The number of aryl methyl sites for hydroxylation is 1. The van der Waals surface area contributed by atoms with Crippen LogP contribution in [0.25, 0.3) is 0 Å². The maximum Gasteiger partial charge on any atom is 0.151 e. The Labute approximate surface area is 102 Å². The van der Waals surface area contributed by atoms with Crippen molar-refractivity contribution in [1.29, 1.82) is 0 Å². The van der Waals surface area contributed by atoms with E-state index in [1.807, 2.05) is 6.92 Å². The number of nitrogens with zero attached hydrogens (tertiary/aromatic N) is 3. The van der Waals surface area contributed by atoms with Crippen LogP contribution in [0.15, 0.2) is 12.3 Å². The fourth-order valence-corrected chi connectivity index (χ4v) is 2.44. The molecule has 1 unspecified atom stereocenters. The second-order valence-electron chi connectivity index (χ2n) is 4.59. The number of anilines is 1. The van der Waals surface area contributed by atoms with Crippen LogP contribution in [0.1, 0.15) is 25.3 Å². The van der Waals surface area contributed by atoms with Gasteiger partial charge in [-0.15, -0.1) is 16.7 Å². The maximum atomic E-state index is 6.13. The van der Waals surface area contributed by atoms with Gasteiger partial charge in [0.25, 0.3) is 0 Å². The summed E-state index contributed by atoms with van der Waals surface area (Å²) in [7, 11) is 0. The van der Waals surface area contributed by atoms with Crippen LogP contribution >= 0.6 is 11.6 Å². The van der Waals surface area contributed by atoms with Gasteiger partial charge in [-0.3, -0.25) is 0 Å². The van der Waals surface area contributed by atoms with Gasteiger partial charge in [0.15, 0.2) is 5.82 Å². The van der Waals surface area contributed by atoms with Crippen LogP contribution in [0.4, 0.5) is 5.82 Å². The molecule has 1 fully saturated rings. The Morgan fingerprint density at radius 1 is 1.44 bits per heavy atom. The summed E-state index contributed by atoms with van der Waals surface area (Å²) >= 11 is 6.13. The van der Waals surface area contributed by atoms with Gasteiger partial charge < -0.3 is 4.90 Å². The van der Waals surface area contributed by atoms with Gasteiger partial charge in [0, 0.05) is 18.5 Å². The first-order valence-electron chi connectivity index (χ1n) is 5.85. The lowest BCUT2D eigenvalue weighted by Crippen LogP contribution is -2.36. The van der Waals surface area contributed by atoms with Gasteiger partial charge in [-0.2, -0.15) is 5.10 Å². The summed E-state index contributed by atoms with van der Waals surface area (Å²) in [5, 5.41) is 8.45. The van der Waals surface area contributed by atoms with Crippen molar-refractivity contribution >= 4 is 17.4 Å². The average molecular weight is 240 g/mol. The molecule has 0 saturated carbocycles. The summed E-state index contributed by atoms with van der Waals surface area (Å²) in [6, 6.07) is 2.09. The summed E-state index contributed by atoms with van der Waals surface area (Å²) in [4.78, 5) is 2.30. The number of aromatic nitrogens is 2. The Bertz CT molecular complexity index is 346. The quantitative estimate of drug-likeness (QED) is 0.743. The Hall–Kier alpha value is -0.830. The molecule has 88 valence electrons. The zero-order valence-electron chi connectivity index (χ0n) is 9.86. The first-order valence-corrected chi connectivity index (χ1v) is 6.29. The van der Waals surface area contributed by atoms with Gasteiger partial charge in [-0.1, -0.05) is 0 Å². The van der Waals surface area contributed by atoms with Gasteiger partial charge in [0.05, 0.1) is 6.20 Å². The molecule has 1 saturated heterocycles. The number of hydrogen-bond acceptors (Lipinski definition) is 3. The topological polar surface area (TPSA) is 29.0 Å². The van der Waals surface area contributed by atoms with Crippen molar-refractivity contribution in [1.82, 2.24) is 10.2 Å². The highest BCUT2D eigenvalue weighted by Gasteiger charge is 2.23. The van der Waals surface area contributed by atoms with E-state index >= 15 is 0 Å². The minimum absolute atomic E-state index is 0.283. The van der Waals surface area contributed by atoms with Crippen LogP contribution in [0.2, 0.25) is 0 Å². The van der Waals surface area contributed by atoms with E-state index < -0.39 is 0 Å². The summed E-state index contributed by atoms with van der Waals surface area (Å²) in [6.07, 6.45) is 4.09. The average Bonchev–Trinajstić information content (AvgIpc) is 2.29. The third kappa shape index (κ3) is 2.64. The highest BCUT2D eigenvalue weighted by Crippen LogP contribution is 2.26. The molecule has 0 aromatic carbocycles. The largest absolute Gasteiger partial charge is 0.355 e. The molecule has 3 nitrogen and oxygen atoms in total. The van der Waals surface area contributed by atoms with Gasteiger partial charge in [0.1, 0.15) is 0 Å². The Balaban J connectivity index is 1.99. The summed E-state index contributed by atoms with van der Waals surface area (Å²) in [5.74, 6) is 1.65. The first-order chi connectivity index (χ1) is 7.66. The molecule has 4 heteroatoms. The second kappa shape index (κ2) is 5.00. The van der Waals surface area contributed by atoms with Gasteiger partial charge in [-0.05, 0) is 44.2 Å². The Kier molecular flexibility index (Phi) is 3.64. The lowest BCUT2D eigenvalue weighted by Gasteiger charge is -2.33. The molecule has 1 aromatic rings. The summed E-state index contributed by atoms with van der Waals surface area (Å²) in [5.41, 5.74) is 1.16. The van der Waals surface area contributed by atoms with E-state index in [9.17, 15) is 0 Å². The smallest absolute Gasteiger partial charge is 0.151 e. The van der Waals surface area contributed by atoms with Crippen LogP contribution in [0, 0.1) is 12.8 Å². The van der Waals surface area contributed by atoms with E-state index in [-0.39, 0.29) is 5.38 Å². The summed E-state index contributed by atoms with van der Waals surface area (Å²) in [6.45, 7) is 6.22. The molecule has 0 radical (unpaired) electrons. The van der Waals surface area contributed by atoms with Crippen molar-refractivity contribution in [3.8, 4) is 0 Å². The second-order valence-corrected chi connectivity index (χ2v) is 5.28. The summed E-state index contributed by atoms with van der Waals surface area (Å²) < 4.78 is 0. The predicted octanol–water partition coefficient (Wildman–Crippen LogP) is 2.63. The number of piperidine rings is 1. The normalized spacial score (nSPS) is 19.8. The standard InChI is InChI=1S/C12H18ClN3/c1-9-7-12(15-14-8-9)16-5-3-11(4-6-16)10(2)13/h7-8,10-11H,3-6H2,1-2H3. The van der Waals surface area contributed by atoms with E-state index in [0.717, 1.165) is 37.3 Å². The third-order valence-electron chi connectivity index (χ3n) is 3.29. The van der Waals surface area contributed by atoms with E-state index in [1.54, 1.807) is 6.20 Å². The van der Waals surface area contributed by atoms with Crippen molar-refractivity contribution in [2.45, 2.75) is 32.1 Å². The number of alkyl halides is 1. The minimum atomic E-state index is 0.283. The van der Waals surface area contributed by atoms with Crippen molar-refractivity contribution in [2.24, 2.45) is 5.92 Å². The molecule has 0 amide bonds. The van der Waals surface area contributed by atoms with E-state index in [2.05, 4.69) is 28.1 Å². The molecule has 0 N–H and O–H groups in total. The maximum absolute atomic E-state index is 6.13. The molecule has 1 aliphatic rings. The molecule has 2 heterocycles. The van der Waals surface area contributed by atoms with Crippen molar-refractivity contribution in [2.75, 3.05) is 18.0 Å². The number of rotatable bonds is 2. The van der Waals surface area contributed by atoms with Crippen molar-refractivity contribution in [3.05, 3.63) is 17.8 Å². The molecule has 0 aliphatic carbocycles. The van der Waals surface area contributed by atoms with Crippen molar-refractivity contribution in [3.63, 3.8) is 0 Å². The predicted molar refractivity (Wildman–Crippen MR) is 67.0 cm³/mol. The number of hydrogen-bond donors (Lipinski definition) is 0. The molecular weight excluding hydrogens is 222 g/mol. The fraction of sp³-hybridized carbons (Fsp3) is 0.667. The first kappa shape index (κ1) is 11.6. The molecule has 1 atom stereocenters. The molecule has 0 bridgehead atoms. The van der Waals surface area contributed by atoms with E-state index in [1.165, 1.54) is 0 Å². The lowest BCUT2D eigenvalue weighted by molar-refractivity contribution is 0.398.